The van der Waals surface area contributed by atoms with E-state index in [2.05, 4.69) is 20.8 Å². The number of aliphatic hydroxyl groups is 1. The van der Waals surface area contributed by atoms with Crippen molar-refractivity contribution in [3.8, 4) is 5.75 Å². The molecule has 1 aromatic heterocycles. The molecule has 2 N–H and O–H groups in total. The first-order chi connectivity index (χ1) is 18.6. The van der Waals surface area contributed by atoms with Crippen molar-refractivity contribution in [2.45, 2.75) is 37.4 Å². The molecule has 13 nitrogen and oxygen atoms in total. The van der Waals surface area contributed by atoms with Crippen molar-refractivity contribution < 1.29 is 27.9 Å². The number of sulfonamides is 1. The van der Waals surface area contributed by atoms with Gasteiger partial charge in [-0.15, -0.1) is 5.10 Å². The normalized spacial score (nSPS) is 18.6. The van der Waals surface area contributed by atoms with Gasteiger partial charge in [-0.2, -0.15) is 4.31 Å². The van der Waals surface area contributed by atoms with Crippen LogP contribution in [0.3, 0.4) is 0 Å². The molecule has 4 rings (SSSR count). The summed E-state index contributed by atoms with van der Waals surface area (Å²) in [6, 6.07) is 12.3. The van der Waals surface area contributed by atoms with Crippen LogP contribution in [0, 0.1) is 5.92 Å². The third-order valence-corrected chi connectivity index (χ3v) is 8.37. The van der Waals surface area contributed by atoms with E-state index in [0.29, 0.717) is 5.69 Å². The van der Waals surface area contributed by atoms with Crippen LogP contribution in [-0.4, -0.2) is 93.6 Å². The predicted molar refractivity (Wildman–Crippen MR) is 140 cm³/mol. The summed E-state index contributed by atoms with van der Waals surface area (Å²) in [6.07, 6.45) is 0.691. The number of nitrogens with zero attached hydrogens (tertiary/aromatic N) is 6. The van der Waals surface area contributed by atoms with Gasteiger partial charge in [-0.25, -0.2) is 13.1 Å². The number of ether oxygens (including phenoxy) is 1. The summed E-state index contributed by atoms with van der Waals surface area (Å²) >= 11 is 0. The average Bonchev–Trinajstić information content (AvgIpc) is 3.43. The van der Waals surface area contributed by atoms with Crippen molar-refractivity contribution >= 4 is 27.5 Å². The van der Waals surface area contributed by atoms with Crippen molar-refractivity contribution in [1.29, 1.82) is 0 Å². The lowest BCUT2D eigenvalue weighted by Crippen LogP contribution is -2.50. The van der Waals surface area contributed by atoms with Gasteiger partial charge in [0.05, 0.1) is 29.7 Å². The molecule has 0 bridgehead atoms. The second kappa shape index (κ2) is 11.9. The van der Waals surface area contributed by atoms with Gasteiger partial charge < -0.3 is 20.1 Å². The van der Waals surface area contributed by atoms with E-state index in [-0.39, 0.29) is 54.3 Å². The predicted octanol–water partition coefficient (Wildman–Crippen LogP) is 0.853. The molecule has 0 radical (unpaired) electrons. The molecule has 1 aliphatic rings. The Morgan fingerprint density at radius 2 is 2.00 bits per heavy atom. The Balaban J connectivity index is 1.62. The van der Waals surface area contributed by atoms with E-state index < -0.39 is 28.1 Å². The second-order valence-electron chi connectivity index (χ2n) is 9.49. The minimum absolute atomic E-state index is 0.0256. The third-order valence-electron chi connectivity index (χ3n) is 6.53. The molecule has 2 aromatic carbocycles. The van der Waals surface area contributed by atoms with Gasteiger partial charge >= 0.3 is 0 Å². The first kappa shape index (κ1) is 28.1. The quantitative estimate of drug-likeness (QED) is 0.389. The monoisotopic (exact) mass is 557 g/mol. The van der Waals surface area contributed by atoms with E-state index in [4.69, 9.17) is 4.74 Å². The van der Waals surface area contributed by atoms with Gasteiger partial charge in [-0.1, -0.05) is 25.1 Å². The molecule has 3 aromatic rings. The van der Waals surface area contributed by atoms with Gasteiger partial charge in [0.25, 0.3) is 5.91 Å². The van der Waals surface area contributed by atoms with E-state index in [0.717, 1.165) is 0 Å². The summed E-state index contributed by atoms with van der Waals surface area (Å²) in [5, 5.41) is 23.2. The Bertz CT molecular complexity index is 1400. The highest BCUT2D eigenvalue weighted by Crippen LogP contribution is 2.31. The third kappa shape index (κ3) is 6.41. The highest BCUT2D eigenvalue weighted by molar-refractivity contribution is 7.89. The highest BCUT2D eigenvalue weighted by Gasteiger charge is 2.35. The lowest BCUT2D eigenvalue weighted by Gasteiger charge is -2.38. The fourth-order valence-electron chi connectivity index (χ4n) is 4.24. The Morgan fingerprint density at radius 1 is 1.26 bits per heavy atom. The summed E-state index contributed by atoms with van der Waals surface area (Å²) in [5.41, 5.74) is 0.537. The fourth-order valence-corrected chi connectivity index (χ4v) is 5.45. The largest absolute Gasteiger partial charge is 0.488 e. The van der Waals surface area contributed by atoms with Crippen molar-refractivity contribution in [3.05, 3.63) is 60.4 Å². The summed E-state index contributed by atoms with van der Waals surface area (Å²) in [7, 11) is -2.29. The molecule has 0 unspecified atom stereocenters. The summed E-state index contributed by atoms with van der Waals surface area (Å²) < 4.78 is 35.1. The minimum Gasteiger partial charge on any atom is -0.488 e. The molecule has 208 valence electrons. The Labute approximate surface area is 226 Å². The zero-order valence-electron chi connectivity index (χ0n) is 21.8. The summed E-state index contributed by atoms with van der Waals surface area (Å²) in [6.45, 7) is 3.47. The lowest BCUT2D eigenvalue weighted by molar-refractivity contribution is -0.116. The zero-order valence-corrected chi connectivity index (χ0v) is 22.7. The van der Waals surface area contributed by atoms with Gasteiger partial charge in [0.1, 0.15) is 24.7 Å². The smallest absolute Gasteiger partial charge is 0.258 e. The van der Waals surface area contributed by atoms with Crippen LogP contribution in [0.1, 0.15) is 24.2 Å². The average molecular weight is 558 g/mol. The number of amides is 2. The number of benzene rings is 2. The number of aromatic nitrogens is 4. The van der Waals surface area contributed by atoms with Gasteiger partial charge in [0.15, 0.2) is 0 Å². The fraction of sp³-hybridized carbons (Fsp3) is 0.400. The van der Waals surface area contributed by atoms with Crippen LogP contribution in [-0.2, 0) is 21.4 Å². The van der Waals surface area contributed by atoms with Crippen molar-refractivity contribution in [1.82, 2.24) is 29.4 Å². The number of rotatable bonds is 9. The number of carbonyl (C=O) groups is 2. The number of fused-ring (bicyclic) bond motifs is 1. The Hall–Kier alpha value is -3.88. The van der Waals surface area contributed by atoms with Crippen LogP contribution in [0.15, 0.2) is 59.8 Å². The number of tetrazole rings is 1. The lowest BCUT2D eigenvalue weighted by atomic mass is 9.99. The first-order valence-electron chi connectivity index (χ1n) is 12.3. The molecule has 0 spiro atoms. The van der Waals surface area contributed by atoms with Crippen molar-refractivity contribution in [3.63, 3.8) is 0 Å². The summed E-state index contributed by atoms with van der Waals surface area (Å²) in [4.78, 5) is 27.7. The Morgan fingerprint density at radius 3 is 2.67 bits per heavy atom. The van der Waals surface area contributed by atoms with E-state index in [9.17, 15) is 23.1 Å². The van der Waals surface area contributed by atoms with Crippen LogP contribution >= 0.6 is 0 Å². The van der Waals surface area contributed by atoms with Crippen LogP contribution in [0.25, 0.3) is 0 Å². The molecule has 0 saturated carbocycles. The topological polar surface area (TPSA) is 160 Å². The number of nitrogens with one attached hydrogen (secondary N) is 1. The molecule has 14 heteroatoms. The SMILES string of the molecule is C[C@H]1CN([C@@H](C)CO)C(=O)c2cc(NC(=O)Cn3cnnn3)ccc2O[C@H]1CN(C)S(=O)(=O)c1ccccc1. The van der Waals surface area contributed by atoms with Crippen LogP contribution in [0.2, 0.25) is 0 Å². The molecule has 0 fully saturated rings. The molecule has 2 amide bonds. The molecule has 0 aliphatic carbocycles. The van der Waals surface area contributed by atoms with Gasteiger partial charge in [0.2, 0.25) is 15.9 Å². The van der Waals surface area contributed by atoms with Crippen LogP contribution in [0.4, 0.5) is 5.69 Å². The Kier molecular flexibility index (Phi) is 8.57. The highest BCUT2D eigenvalue weighted by atomic mass is 32.2. The van der Waals surface area contributed by atoms with E-state index in [1.165, 1.54) is 45.5 Å². The molecular formula is C25H31N7O6S. The van der Waals surface area contributed by atoms with Gasteiger partial charge in [-0.3, -0.25) is 9.59 Å². The number of aliphatic hydroxyl groups excluding tert-OH is 1. The number of hydrogen-bond donors (Lipinski definition) is 2. The van der Waals surface area contributed by atoms with Crippen molar-refractivity contribution in [2.75, 3.05) is 32.1 Å². The van der Waals surface area contributed by atoms with Crippen LogP contribution in [0.5, 0.6) is 5.75 Å². The van der Waals surface area contributed by atoms with E-state index in [1.807, 2.05) is 6.92 Å². The second-order valence-corrected chi connectivity index (χ2v) is 11.5. The summed E-state index contributed by atoms with van der Waals surface area (Å²) in [5.74, 6) is -0.809. The van der Waals surface area contributed by atoms with Gasteiger partial charge in [-0.05, 0) is 47.7 Å². The number of carbonyl (C=O) groups excluding carboxylic acids is 2. The maximum Gasteiger partial charge on any atom is 0.258 e. The zero-order chi connectivity index (χ0) is 28.2. The standard InChI is InChI=1S/C25H31N7O6S/c1-17-12-32(18(2)15-33)25(35)21-11-19(27-24(34)14-31-16-26-28-29-31)9-10-22(21)38-23(17)13-30(3)39(36,37)20-7-5-4-6-8-20/h4-11,16-18,23,33H,12-15H2,1-3H3,(H,27,34)/t17-,18-,23-/m0/s1. The number of likely N-dealkylation sites (N-methyl/N-ethyl adjacent to an activating group) is 1. The number of hydrogen-bond acceptors (Lipinski definition) is 9. The molecule has 3 atom stereocenters. The number of anilines is 1. The maximum atomic E-state index is 13.6. The van der Waals surface area contributed by atoms with Crippen LogP contribution < -0.4 is 10.1 Å². The van der Waals surface area contributed by atoms with E-state index in [1.54, 1.807) is 37.3 Å². The molecular weight excluding hydrogens is 526 g/mol. The van der Waals surface area contributed by atoms with Crippen molar-refractivity contribution in [2.24, 2.45) is 5.92 Å². The van der Waals surface area contributed by atoms with E-state index >= 15 is 0 Å². The van der Waals surface area contributed by atoms with Gasteiger partial charge in [0, 0.05) is 25.2 Å². The minimum atomic E-state index is -3.78. The maximum absolute atomic E-state index is 13.6. The first-order valence-corrected chi connectivity index (χ1v) is 13.8. The molecule has 0 saturated heterocycles. The molecule has 2 heterocycles. The molecule has 1 aliphatic heterocycles. The molecule has 39 heavy (non-hydrogen) atoms.